The average Bonchev–Trinajstić information content (AvgIpc) is 2.90. The number of nitrogens with one attached hydrogen (secondary N) is 1. The van der Waals surface area contributed by atoms with Gasteiger partial charge in [0.05, 0.1) is 0 Å². The number of amides is 1. The summed E-state index contributed by atoms with van der Waals surface area (Å²) in [5, 5.41) is 3.05. The molecule has 1 aliphatic carbocycles. The topological polar surface area (TPSA) is 90.9 Å². The first-order valence-corrected chi connectivity index (χ1v) is 8.80. The van der Waals surface area contributed by atoms with Gasteiger partial charge in [0.2, 0.25) is 11.2 Å². The second-order valence-electron chi connectivity index (χ2n) is 6.78. The molecule has 0 spiro atoms. The number of hydrogen-bond acceptors (Lipinski definition) is 4. The molecule has 25 heavy (non-hydrogen) atoms. The zero-order valence-corrected chi connectivity index (χ0v) is 15.3. The fraction of sp³-hybridized carbons (Fsp3) is 0.625. The second-order valence-corrected chi connectivity index (χ2v) is 7.12. The summed E-state index contributed by atoms with van der Waals surface area (Å²) in [5.74, 6) is 0.220. The van der Waals surface area contributed by atoms with Gasteiger partial charge in [-0.15, -0.1) is 0 Å². The highest BCUT2D eigenvalue weighted by Gasteiger charge is 2.24. The van der Waals surface area contributed by atoms with E-state index in [0.717, 1.165) is 23.8 Å². The molecule has 1 saturated carbocycles. The highest BCUT2D eigenvalue weighted by molar-refractivity contribution is 6.29. The first-order valence-electron chi connectivity index (χ1n) is 8.42. The maximum Gasteiger partial charge on any atom is 0.332 e. The first kappa shape index (κ1) is 17.7. The van der Waals surface area contributed by atoms with Gasteiger partial charge in [0, 0.05) is 20.1 Å². The number of hydrogen-bond donors (Lipinski definition) is 1. The normalized spacial score (nSPS) is 20.8. The van der Waals surface area contributed by atoms with Gasteiger partial charge in [-0.3, -0.25) is 23.3 Å². The third-order valence-corrected chi connectivity index (χ3v) is 5.35. The molecule has 9 heteroatoms. The molecule has 1 N–H and O–H groups in total. The predicted octanol–water partition coefficient (Wildman–Crippen LogP) is 0.782. The maximum atomic E-state index is 12.5. The summed E-state index contributed by atoms with van der Waals surface area (Å²) in [5.41, 5.74) is -0.672. The Bertz CT molecular complexity index is 942. The molecule has 0 saturated heterocycles. The van der Waals surface area contributed by atoms with Gasteiger partial charge in [0.25, 0.3) is 5.56 Å². The summed E-state index contributed by atoms with van der Waals surface area (Å²) >= 11 is 6.14. The van der Waals surface area contributed by atoms with Gasteiger partial charge in [0.1, 0.15) is 6.54 Å². The Balaban J connectivity index is 1.94. The van der Waals surface area contributed by atoms with Crippen molar-refractivity contribution in [1.29, 1.82) is 0 Å². The van der Waals surface area contributed by atoms with Gasteiger partial charge in [-0.2, -0.15) is 4.98 Å². The van der Waals surface area contributed by atoms with Gasteiger partial charge in [-0.25, -0.2) is 4.79 Å². The lowest BCUT2D eigenvalue weighted by Crippen LogP contribution is -2.43. The van der Waals surface area contributed by atoms with Crippen LogP contribution in [-0.2, 0) is 25.4 Å². The SMILES string of the molecule is CC1CCCCC1NC(=O)Cn1c(Cl)nc2c1c(=O)n(C)c(=O)n2C. The quantitative estimate of drug-likeness (QED) is 0.812. The molecule has 136 valence electrons. The lowest BCUT2D eigenvalue weighted by Gasteiger charge is -2.29. The number of carbonyl (C=O) groups excluding carboxylic acids is 1. The lowest BCUT2D eigenvalue weighted by atomic mass is 9.86. The van der Waals surface area contributed by atoms with Crippen LogP contribution in [0.15, 0.2) is 9.59 Å². The van der Waals surface area contributed by atoms with Gasteiger partial charge >= 0.3 is 5.69 Å². The predicted molar refractivity (Wildman–Crippen MR) is 94.8 cm³/mol. The smallest absolute Gasteiger partial charge is 0.332 e. The van der Waals surface area contributed by atoms with Crippen molar-refractivity contribution in [1.82, 2.24) is 24.0 Å². The summed E-state index contributed by atoms with van der Waals surface area (Å²) in [7, 11) is 2.90. The van der Waals surface area contributed by atoms with Crippen LogP contribution in [-0.4, -0.2) is 30.6 Å². The van der Waals surface area contributed by atoms with Crippen molar-refractivity contribution in [3.63, 3.8) is 0 Å². The molecule has 0 bridgehead atoms. The van der Waals surface area contributed by atoms with Crippen LogP contribution in [0.3, 0.4) is 0 Å². The van der Waals surface area contributed by atoms with Crippen molar-refractivity contribution < 1.29 is 4.79 Å². The zero-order valence-electron chi connectivity index (χ0n) is 14.6. The van der Waals surface area contributed by atoms with E-state index in [-0.39, 0.29) is 34.9 Å². The Hall–Kier alpha value is -2.09. The molecule has 2 heterocycles. The number of halogens is 1. The number of rotatable bonds is 3. The lowest BCUT2D eigenvalue weighted by molar-refractivity contribution is -0.122. The molecule has 0 aliphatic heterocycles. The minimum Gasteiger partial charge on any atom is -0.352 e. The van der Waals surface area contributed by atoms with Crippen molar-refractivity contribution in [3.05, 3.63) is 26.1 Å². The number of nitrogens with zero attached hydrogens (tertiary/aromatic N) is 4. The molecule has 1 fully saturated rings. The molecule has 0 radical (unpaired) electrons. The van der Waals surface area contributed by atoms with Crippen LogP contribution in [0.5, 0.6) is 0 Å². The number of fused-ring (bicyclic) bond motifs is 1. The van der Waals surface area contributed by atoms with Gasteiger partial charge in [0.15, 0.2) is 11.2 Å². The van der Waals surface area contributed by atoms with Crippen LogP contribution in [0, 0.1) is 5.92 Å². The number of aromatic nitrogens is 4. The molecule has 2 unspecified atom stereocenters. The van der Waals surface area contributed by atoms with Crippen molar-refractivity contribution >= 4 is 28.7 Å². The minimum absolute atomic E-state index is 0.0140. The molecule has 1 aliphatic rings. The van der Waals surface area contributed by atoms with E-state index in [2.05, 4.69) is 17.2 Å². The van der Waals surface area contributed by atoms with Crippen molar-refractivity contribution in [3.8, 4) is 0 Å². The van der Waals surface area contributed by atoms with Crippen LogP contribution < -0.4 is 16.6 Å². The Kier molecular flexibility index (Phi) is 4.73. The summed E-state index contributed by atoms with van der Waals surface area (Å²) < 4.78 is 3.60. The summed E-state index contributed by atoms with van der Waals surface area (Å²) in [4.78, 5) is 41.0. The van der Waals surface area contributed by atoms with E-state index in [9.17, 15) is 14.4 Å². The molecule has 3 rings (SSSR count). The average molecular weight is 368 g/mol. The number of carbonyl (C=O) groups is 1. The third kappa shape index (κ3) is 3.10. The Morgan fingerprint density at radius 1 is 1.24 bits per heavy atom. The Morgan fingerprint density at radius 2 is 1.92 bits per heavy atom. The Labute approximate surface area is 149 Å². The number of imidazole rings is 1. The fourth-order valence-corrected chi connectivity index (χ4v) is 3.72. The van der Waals surface area contributed by atoms with E-state index in [1.807, 2.05) is 0 Å². The molecule has 8 nitrogen and oxygen atoms in total. The number of aryl methyl sites for hydroxylation is 1. The molecule has 2 aromatic heterocycles. The van der Waals surface area contributed by atoms with E-state index >= 15 is 0 Å². The molecule has 0 aromatic carbocycles. The second kappa shape index (κ2) is 6.67. The minimum atomic E-state index is -0.517. The highest BCUT2D eigenvalue weighted by Crippen LogP contribution is 2.24. The molecular formula is C16H22ClN5O3. The summed E-state index contributed by atoms with van der Waals surface area (Å²) in [6, 6.07) is 0.141. The van der Waals surface area contributed by atoms with Gasteiger partial charge in [-0.1, -0.05) is 19.8 Å². The van der Waals surface area contributed by atoms with Crippen molar-refractivity contribution in [2.45, 2.75) is 45.2 Å². The maximum absolute atomic E-state index is 12.5. The van der Waals surface area contributed by atoms with Gasteiger partial charge < -0.3 is 5.32 Å². The van der Waals surface area contributed by atoms with Crippen molar-refractivity contribution in [2.24, 2.45) is 20.0 Å². The first-order chi connectivity index (χ1) is 11.8. The van der Waals surface area contributed by atoms with Crippen LogP contribution >= 0.6 is 11.6 Å². The molecular weight excluding hydrogens is 346 g/mol. The highest BCUT2D eigenvalue weighted by atomic mass is 35.5. The zero-order chi connectivity index (χ0) is 18.3. The summed E-state index contributed by atoms with van der Waals surface area (Å²) in [6.07, 6.45) is 4.35. The van der Waals surface area contributed by atoms with E-state index in [0.29, 0.717) is 5.92 Å². The van der Waals surface area contributed by atoms with E-state index in [4.69, 9.17) is 11.6 Å². The van der Waals surface area contributed by atoms with Crippen LogP contribution in [0.1, 0.15) is 32.6 Å². The summed E-state index contributed by atoms with van der Waals surface area (Å²) in [6.45, 7) is 2.03. The standard InChI is InChI=1S/C16H22ClN5O3/c1-9-6-4-5-7-10(9)18-11(23)8-22-12-13(19-15(22)17)20(2)16(25)21(3)14(12)24/h9-10H,4-8H2,1-3H3,(H,18,23). The largest absolute Gasteiger partial charge is 0.352 e. The molecule has 2 aromatic rings. The molecule has 1 amide bonds. The van der Waals surface area contributed by atoms with E-state index in [1.165, 1.54) is 29.7 Å². The fourth-order valence-electron chi connectivity index (χ4n) is 3.49. The van der Waals surface area contributed by atoms with E-state index in [1.54, 1.807) is 0 Å². The third-order valence-electron chi connectivity index (χ3n) is 5.06. The van der Waals surface area contributed by atoms with Crippen LogP contribution in [0.2, 0.25) is 5.28 Å². The monoisotopic (exact) mass is 367 g/mol. The van der Waals surface area contributed by atoms with Crippen LogP contribution in [0.4, 0.5) is 0 Å². The van der Waals surface area contributed by atoms with E-state index < -0.39 is 11.2 Å². The van der Waals surface area contributed by atoms with Crippen LogP contribution in [0.25, 0.3) is 11.2 Å². The Morgan fingerprint density at radius 3 is 2.60 bits per heavy atom. The van der Waals surface area contributed by atoms with Gasteiger partial charge in [-0.05, 0) is 30.4 Å². The molecule has 2 atom stereocenters. The van der Waals surface area contributed by atoms with Crippen molar-refractivity contribution in [2.75, 3.05) is 0 Å².